The van der Waals surface area contributed by atoms with Crippen LogP contribution < -0.4 is 0 Å². The Hall–Kier alpha value is -0.920. The molecule has 0 radical (unpaired) electrons. The average Bonchev–Trinajstić information content (AvgIpc) is 1.97. The van der Waals surface area contributed by atoms with E-state index in [-0.39, 0.29) is 5.83 Å². The van der Waals surface area contributed by atoms with Crippen molar-refractivity contribution in [2.75, 3.05) is 0 Å². The van der Waals surface area contributed by atoms with Crippen molar-refractivity contribution in [2.45, 2.75) is 39.8 Å². The molecule has 2 heteroatoms. The third-order valence-corrected chi connectivity index (χ3v) is 1.77. The van der Waals surface area contributed by atoms with E-state index in [1.807, 2.05) is 0 Å². The Kier molecular flexibility index (Phi) is 4.75. The molecule has 0 spiro atoms. The summed E-state index contributed by atoms with van der Waals surface area (Å²) in [6, 6.07) is 0. The second-order valence-electron chi connectivity index (χ2n) is 4.07. The van der Waals surface area contributed by atoms with E-state index in [2.05, 4.69) is 6.58 Å². The highest BCUT2D eigenvalue weighted by Gasteiger charge is 2.12. The third kappa shape index (κ3) is 6.58. The van der Waals surface area contributed by atoms with E-state index in [0.717, 1.165) is 5.57 Å². The maximum Gasteiger partial charge on any atom is 0.109 e. The van der Waals surface area contributed by atoms with Crippen molar-refractivity contribution < 1.29 is 8.78 Å². The lowest BCUT2D eigenvalue weighted by Crippen LogP contribution is -2.09. The lowest BCUT2D eigenvalue weighted by Gasteiger charge is -2.11. The number of hydrogen-bond acceptors (Lipinski definition) is 0. The van der Waals surface area contributed by atoms with E-state index in [1.165, 1.54) is 26.8 Å². The van der Waals surface area contributed by atoms with Crippen molar-refractivity contribution in [1.29, 1.82) is 0 Å². The van der Waals surface area contributed by atoms with Crippen LogP contribution in [0, 0.1) is 0 Å². The van der Waals surface area contributed by atoms with E-state index in [4.69, 9.17) is 0 Å². The summed E-state index contributed by atoms with van der Waals surface area (Å²) in [5, 5.41) is 0. The van der Waals surface area contributed by atoms with Crippen LogP contribution in [0.5, 0.6) is 0 Å². The molecule has 0 unspecified atom stereocenters. The topological polar surface area (TPSA) is 0 Å². The van der Waals surface area contributed by atoms with Crippen molar-refractivity contribution in [3.8, 4) is 0 Å². The van der Waals surface area contributed by atoms with Gasteiger partial charge in [0.15, 0.2) is 0 Å². The molecule has 14 heavy (non-hydrogen) atoms. The standard InChI is InChI=1S/C12H18F2/c1-9(6-7-12(4,5)14)10(2)8-11(3)13/h6,8H,2,7H2,1,3-5H3/b9-6+,11-8+. The van der Waals surface area contributed by atoms with E-state index in [1.54, 1.807) is 13.0 Å². The summed E-state index contributed by atoms with van der Waals surface area (Å²) in [6.07, 6.45) is 3.40. The number of hydrogen-bond donors (Lipinski definition) is 0. The Morgan fingerprint density at radius 2 is 1.86 bits per heavy atom. The summed E-state index contributed by atoms with van der Waals surface area (Å²) < 4.78 is 25.6. The first-order chi connectivity index (χ1) is 6.22. The molecule has 0 saturated carbocycles. The average molecular weight is 200 g/mol. The fourth-order valence-electron chi connectivity index (χ4n) is 0.881. The summed E-state index contributed by atoms with van der Waals surface area (Å²) in [5.41, 5.74) is 0.178. The summed E-state index contributed by atoms with van der Waals surface area (Å²) in [6.45, 7) is 9.87. The van der Waals surface area contributed by atoms with Crippen molar-refractivity contribution in [2.24, 2.45) is 0 Å². The minimum atomic E-state index is -1.23. The van der Waals surface area contributed by atoms with Crippen molar-refractivity contribution >= 4 is 0 Å². The molecule has 80 valence electrons. The van der Waals surface area contributed by atoms with E-state index in [9.17, 15) is 8.78 Å². The minimum Gasteiger partial charge on any atom is -0.244 e. The summed E-state index contributed by atoms with van der Waals surface area (Å²) in [4.78, 5) is 0. The quantitative estimate of drug-likeness (QED) is 0.586. The first-order valence-corrected chi connectivity index (χ1v) is 4.61. The zero-order valence-corrected chi connectivity index (χ0v) is 9.32. The molecule has 0 aromatic heterocycles. The molecule has 0 aliphatic heterocycles. The van der Waals surface area contributed by atoms with Crippen LogP contribution in [0.25, 0.3) is 0 Å². The second-order valence-corrected chi connectivity index (χ2v) is 4.07. The fourth-order valence-corrected chi connectivity index (χ4v) is 0.881. The number of allylic oxidation sites excluding steroid dienone is 5. The molecule has 0 N–H and O–H groups in total. The lowest BCUT2D eigenvalue weighted by molar-refractivity contribution is 0.221. The number of halogens is 2. The maximum absolute atomic E-state index is 13.1. The third-order valence-electron chi connectivity index (χ3n) is 1.77. The fraction of sp³-hybridized carbons (Fsp3) is 0.500. The van der Waals surface area contributed by atoms with Gasteiger partial charge in [-0.3, -0.25) is 0 Å². The molecule has 0 aromatic rings. The van der Waals surface area contributed by atoms with Gasteiger partial charge >= 0.3 is 0 Å². The molecule has 0 bridgehead atoms. The van der Waals surface area contributed by atoms with Gasteiger partial charge in [-0.15, -0.1) is 0 Å². The molecular weight excluding hydrogens is 182 g/mol. The van der Waals surface area contributed by atoms with Crippen LogP contribution >= 0.6 is 0 Å². The van der Waals surface area contributed by atoms with Gasteiger partial charge < -0.3 is 0 Å². The Labute approximate surface area is 85.0 Å². The van der Waals surface area contributed by atoms with Gasteiger partial charge in [0, 0.05) is 0 Å². The Bertz CT molecular complexity index is 261. The van der Waals surface area contributed by atoms with Crippen LogP contribution in [0.4, 0.5) is 8.78 Å². The number of rotatable bonds is 4. The first-order valence-electron chi connectivity index (χ1n) is 4.61. The molecule has 0 aromatic carbocycles. The van der Waals surface area contributed by atoms with Crippen LogP contribution in [-0.2, 0) is 0 Å². The Balaban J connectivity index is 4.40. The first kappa shape index (κ1) is 13.1. The van der Waals surface area contributed by atoms with Gasteiger partial charge in [0.2, 0.25) is 0 Å². The van der Waals surface area contributed by atoms with Gasteiger partial charge in [-0.1, -0.05) is 12.7 Å². The molecule has 0 saturated heterocycles. The smallest absolute Gasteiger partial charge is 0.109 e. The normalized spacial score (nSPS) is 14.4. The highest BCUT2D eigenvalue weighted by molar-refractivity contribution is 5.36. The van der Waals surface area contributed by atoms with Crippen molar-refractivity contribution in [3.63, 3.8) is 0 Å². The van der Waals surface area contributed by atoms with Gasteiger partial charge in [-0.2, -0.15) is 0 Å². The van der Waals surface area contributed by atoms with Gasteiger partial charge in [0.1, 0.15) is 5.67 Å². The Morgan fingerprint density at radius 1 is 1.36 bits per heavy atom. The minimum absolute atomic E-state index is 0.290. The molecular formula is C12H18F2. The number of alkyl halides is 1. The van der Waals surface area contributed by atoms with Crippen LogP contribution in [0.15, 0.2) is 35.7 Å². The second kappa shape index (κ2) is 5.08. The van der Waals surface area contributed by atoms with Crippen LogP contribution in [0.1, 0.15) is 34.1 Å². The molecule has 0 fully saturated rings. The van der Waals surface area contributed by atoms with E-state index >= 15 is 0 Å². The van der Waals surface area contributed by atoms with Crippen LogP contribution in [0.3, 0.4) is 0 Å². The predicted octanol–water partition coefficient (Wildman–Crippen LogP) is 4.50. The SMILES string of the molecule is C=C(/C=C(\C)F)/C(C)=C/CC(C)(C)F. The predicted molar refractivity (Wildman–Crippen MR) is 57.6 cm³/mol. The van der Waals surface area contributed by atoms with Crippen LogP contribution in [0.2, 0.25) is 0 Å². The van der Waals surface area contributed by atoms with E-state index in [0.29, 0.717) is 12.0 Å². The van der Waals surface area contributed by atoms with Crippen LogP contribution in [-0.4, -0.2) is 5.67 Å². The van der Waals surface area contributed by atoms with Gasteiger partial charge in [-0.05, 0) is 51.3 Å². The Morgan fingerprint density at radius 3 is 2.21 bits per heavy atom. The van der Waals surface area contributed by atoms with E-state index < -0.39 is 5.67 Å². The zero-order valence-electron chi connectivity index (χ0n) is 9.32. The maximum atomic E-state index is 13.1. The molecule has 0 amide bonds. The largest absolute Gasteiger partial charge is 0.244 e. The molecule has 0 heterocycles. The summed E-state index contributed by atoms with van der Waals surface area (Å²) in [7, 11) is 0. The highest BCUT2D eigenvalue weighted by atomic mass is 19.1. The van der Waals surface area contributed by atoms with Gasteiger partial charge in [0.25, 0.3) is 0 Å². The summed E-state index contributed by atoms with van der Waals surface area (Å²) >= 11 is 0. The van der Waals surface area contributed by atoms with Gasteiger partial charge in [0.05, 0.1) is 5.83 Å². The molecule has 0 aliphatic carbocycles. The highest BCUT2D eigenvalue weighted by Crippen LogP contribution is 2.18. The molecule has 0 nitrogen and oxygen atoms in total. The zero-order chi connectivity index (χ0) is 11.4. The molecule has 0 atom stereocenters. The monoisotopic (exact) mass is 200 g/mol. The molecule has 0 aliphatic rings. The summed E-state index contributed by atoms with van der Waals surface area (Å²) in [5.74, 6) is -0.290. The van der Waals surface area contributed by atoms with Crippen molar-refractivity contribution in [1.82, 2.24) is 0 Å². The molecule has 0 rings (SSSR count). The lowest BCUT2D eigenvalue weighted by atomic mass is 10.0. The van der Waals surface area contributed by atoms with Gasteiger partial charge in [-0.25, -0.2) is 8.78 Å². The van der Waals surface area contributed by atoms with Crippen molar-refractivity contribution in [3.05, 3.63) is 35.7 Å².